The van der Waals surface area contributed by atoms with Gasteiger partial charge in [0.2, 0.25) is 0 Å². The number of aromatic nitrogens is 3. The number of hydrogen-bond acceptors (Lipinski definition) is 6. The number of ether oxygens (including phenoxy) is 1. The minimum absolute atomic E-state index is 0.359. The number of pyridine rings is 1. The molecule has 1 aliphatic heterocycles. The van der Waals surface area contributed by atoms with Crippen LogP contribution in [0.3, 0.4) is 0 Å². The summed E-state index contributed by atoms with van der Waals surface area (Å²) in [6.45, 7) is 6.22. The molecule has 2 aromatic heterocycles. The Morgan fingerprint density at radius 2 is 1.79 bits per heavy atom. The SMILES string of the molecule is Cc1ncc(C#Cc2c(C)ncnc2N2CCOCC2)cc1NS(=O)c1c(F)cccc1F. The standard InChI is InChI=1S/C23H21F2N5O2S/c1-15-18(23(28-14-27-15)30-8-10-32-11-9-30)7-6-17-12-21(16(2)26-13-17)29-33(31)22-19(24)4-3-5-20(22)25/h3-5,12-14,29H,8-11H2,1-2H3. The normalized spacial score (nSPS) is 14.4. The maximum Gasteiger partial charge on any atom is 0.156 e. The zero-order valence-electron chi connectivity index (χ0n) is 18.1. The number of hydrogen-bond donors (Lipinski definition) is 1. The molecule has 0 spiro atoms. The van der Waals surface area contributed by atoms with Gasteiger partial charge in [-0.3, -0.25) is 9.71 Å². The van der Waals surface area contributed by atoms with E-state index in [1.54, 1.807) is 19.2 Å². The molecule has 0 bridgehead atoms. The summed E-state index contributed by atoms with van der Waals surface area (Å²) in [6, 6.07) is 4.97. The van der Waals surface area contributed by atoms with Gasteiger partial charge in [0.25, 0.3) is 0 Å². The van der Waals surface area contributed by atoms with Gasteiger partial charge in [-0.2, -0.15) is 0 Å². The van der Waals surface area contributed by atoms with Crippen LogP contribution in [0.5, 0.6) is 0 Å². The molecule has 33 heavy (non-hydrogen) atoms. The molecule has 1 saturated heterocycles. The third-order valence-electron chi connectivity index (χ3n) is 5.05. The number of rotatable bonds is 4. The van der Waals surface area contributed by atoms with Gasteiger partial charge in [-0.25, -0.2) is 23.0 Å². The molecule has 1 aliphatic rings. The average molecular weight is 470 g/mol. The van der Waals surface area contributed by atoms with Gasteiger partial charge in [-0.05, 0) is 32.0 Å². The second-order valence-electron chi connectivity index (χ2n) is 7.29. The highest BCUT2D eigenvalue weighted by molar-refractivity contribution is 7.86. The van der Waals surface area contributed by atoms with Crippen molar-refractivity contribution in [1.82, 2.24) is 15.0 Å². The lowest BCUT2D eigenvalue weighted by Crippen LogP contribution is -2.37. The molecule has 0 radical (unpaired) electrons. The molecule has 7 nitrogen and oxygen atoms in total. The number of nitrogens with one attached hydrogen (secondary N) is 1. The summed E-state index contributed by atoms with van der Waals surface area (Å²) in [5.74, 6) is 5.13. The van der Waals surface area contributed by atoms with Gasteiger partial charge in [-0.1, -0.05) is 17.9 Å². The molecule has 1 fully saturated rings. The van der Waals surface area contributed by atoms with Crippen LogP contribution in [0.4, 0.5) is 20.3 Å². The molecule has 4 rings (SSSR count). The Morgan fingerprint density at radius 1 is 1.06 bits per heavy atom. The first-order valence-electron chi connectivity index (χ1n) is 10.2. The molecule has 10 heteroatoms. The van der Waals surface area contributed by atoms with Crippen molar-refractivity contribution in [3.8, 4) is 11.8 Å². The Labute approximate surface area is 192 Å². The van der Waals surface area contributed by atoms with Gasteiger partial charge in [0, 0.05) is 24.8 Å². The zero-order valence-corrected chi connectivity index (χ0v) is 18.9. The summed E-state index contributed by atoms with van der Waals surface area (Å²) in [6.07, 6.45) is 3.09. The fraction of sp³-hybridized carbons (Fsp3) is 0.261. The van der Waals surface area contributed by atoms with E-state index < -0.39 is 27.5 Å². The lowest BCUT2D eigenvalue weighted by molar-refractivity contribution is 0.122. The van der Waals surface area contributed by atoms with Crippen molar-refractivity contribution < 1.29 is 17.7 Å². The quantitative estimate of drug-likeness (QED) is 0.592. The van der Waals surface area contributed by atoms with E-state index in [0.717, 1.165) is 23.6 Å². The highest BCUT2D eigenvalue weighted by atomic mass is 32.2. The minimum atomic E-state index is -2.15. The van der Waals surface area contributed by atoms with Gasteiger partial charge in [0.15, 0.2) is 11.0 Å². The Hall–Kier alpha value is -3.42. The Bertz CT molecular complexity index is 1250. The van der Waals surface area contributed by atoms with Crippen LogP contribution >= 0.6 is 0 Å². The second-order valence-corrected chi connectivity index (χ2v) is 8.44. The number of benzene rings is 1. The predicted octanol–water partition coefficient (Wildman–Crippen LogP) is 3.14. The minimum Gasteiger partial charge on any atom is -0.378 e. The number of aryl methyl sites for hydroxylation is 2. The van der Waals surface area contributed by atoms with Crippen molar-refractivity contribution in [2.45, 2.75) is 18.7 Å². The first kappa shape index (κ1) is 22.8. The first-order valence-corrected chi connectivity index (χ1v) is 11.3. The van der Waals surface area contributed by atoms with Gasteiger partial charge in [0.1, 0.15) is 28.7 Å². The second kappa shape index (κ2) is 10.0. The molecule has 3 heterocycles. The molecule has 1 atom stereocenters. The van der Waals surface area contributed by atoms with E-state index in [1.807, 2.05) is 6.92 Å². The highest BCUT2D eigenvalue weighted by Gasteiger charge is 2.18. The van der Waals surface area contributed by atoms with Gasteiger partial charge in [0.05, 0.1) is 35.9 Å². The van der Waals surface area contributed by atoms with E-state index >= 15 is 0 Å². The van der Waals surface area contributed by atoms with E-state index in [4.69, 9.17) is 4.74 Å². The lowest BCUT2D eigenvalue weighted by atomic mass is 10.1. The van der Waals surface area contributed by atoms with Crippen LogP contribution in [0.1, 0.15) is 22.5 Å². The highest BCUT2D eigenvalue weighted by Crippen LogP contribution is 2.22. The van der Waals surface area contributed by atoms with Crippen LogP contribution < -0.4 is 9.62 Å². The molecule has 1 unspecified atom stereocenters. The molecule has 170 valence electrons. The van der Waals surface area contributed by atoms with E-state index in [1.165, 1.54) is 12.4 Å². The summed E-state index contributed by atoms with van der Waals surface area (Å²) in [4.78, 5) is 14.5. The largest absolute Gasteiger partial charge is 0.378 e. The summed E-state index contributed by atoms with van der Waals surface area (Å²) in [5.41, 5.74) is 2.85. The lowest BCUT2D eigenvalue weighted by Gasteiger charge is -2.28. The maximum atomic E-state index is 14.0. The monoisotopic (exact) mass is 469 g/mol. The number of anilines is 2. The van der Waals surface area contributed by atoms with E-state index in [0.29, 0.717) is 48.8 Å². The fourth-order valence-corrected chi connectivity index (χ4v) is 4.27. The van der Waals surface area contributed by atoms with Crippen molar-refractivity contribution >= 4 is 22.5 Å². The summed E-state index contributed by atoms with van der Waals surface area (Å²) in [5, 5.41) is 0. The van der Waals surface area contributed by atoms with E-state index in [2.05, 4.69) is 36.4 Å². The summed E-state index contributed by atoms with van der Waals surface area (Å²) >= 11 is 0. The molecule has 0 amide bonds. The number of morpholine rings is 1. The zero-order chi connectivity index (χ0) is 23.4. The molecule has 0 saturated carbocycles. The Morgan fingerprint density at radius 3 is 2.52 bits per heavy atom. The van der Waals surface area contributed by atoms with Crippen LogP contribution in [0.2, 0.25) is 0 Å². The van der Waals surface area contributed by atoms with E-state index in [9.17, 15) is 13.0 Å². The van der Waals surface area contributed by atoms with Crippen LogP contribution in [-0.4, -0.2) is 45.5 Å². The van der Waals surface area contributed by atoms with Crippen molar-refractivity contribution in [2.24, 2.45) is 0 Å². The molecule has 0 aliphatic carbocycles. The van der Waals surface area contributed by atoms with Crippen molar-refractivity contribution in [3.05, 3.63) is 70.9 Å². The molecular weight excluding hydrogens is 448 g/mol. The van der Waals surface area contributed by atoms with Crippen molar-refractivity contribution in [1.29, 1.82) is 0 Å². The molecule has 1 N–H and O–H groups in total. The molecular formula is C23H21F2N5O2S. The Kier molecular flexibility index (Phi) is 6.91. The number of halogens is 2. The Balaban J connectivity index is 1.62. The third-order valence-corrected chi connectivity index (χ3v) is 6.22. The van der Waals surface area contributed by atoms with Crippen LogP contribution in [-0.2, 0) is 15.7 Å². The van der Waals surface area contributed by atoms with Gasteiger partial charge in [-0.15, -0.1) is 0 Å². The summed E-state index contributed by atoms with van der Waals surface area (Å²) in [7, 11) is -2.15. The predicted molar refractivity (Wildman–Crippen MR) is 121 cm³/mol. The van der Waals surface area contributed by atoms with Crippen molar-refractivity contribution in [2.75, 3.05) is 35.9 Å². The molecule has 3 aromatic rings. The first-order chi connectivity index (χ1) is 15.9. The third kappa shape index (κ3) is 5.16. The molecule has 1 aromatic carbocycles. The van der Waals surface area contributed by atoms with Crippen LogP contribution in [0.25, 0.3) is 0 Å². The average Bonchev–Trinajstić information content (AvgIpc) is 2.80. The smallest absolute Gasteiger partial charge is 0.156 e. The van der Waals surface area contributed by atoms with Crippen LogP contribution in [0.15, 0.2) is 41.7 Å². The fourth-order valence-electron chi connectivity index (χ4n) is 3.27. The number of nitrogens with zero attached hydrogens (tertiary/aromatic N) is 4. The maximum absolute atomic E-state index is 14.0. The topological polar surface area (TPSA) is 80.2 Å². The van der Waals surface area contributed by atoms with Gasteiger partial charge >= 0.3 is 0 Å². The van der Waals surface area contributed by atoms with E-state index in [-0.39, 0.29) is 0 Å². The van der Waals surface area contributed by atoms with Crippen LogP contribution in [0, 0.1) is 37.3 Å². The van der Waals surface area contributed by atoms with Gasteiger partial charge < -0.3 is 9.64 Å². The van der Waals surface area contributed by atoms with Crippen molar-refractivity contribution in [3.63, 3.8) is 0 Å². The summed E-state index contributed by atoms with van der Waals surface area (Å²) < 4.78 is 48.6.